The fourth-order valence-corrected chi connectivity index (χ4v) is 4.36. The molecule has 1 aromatic carbocycles. The molecule has 0 bridgehead atoms. The number of anilines is 2. The molecule has 4 rings (SSSR count). The Hall–Kier alpha value is -2.25. The lowest BCUT2D eigenvalue weighted by Gasteiger charge is -2.45. The number of hydrogen-bond acceptors (Lipinski definition) is 6. The second-order valence-electron chi connectivity index (χ2n) is 7.94. The molecule has 3 heterocycles. The molecule has 2 atom stereocenters. The molecule has 2 aliphatic rings. The van der Waals surface area contributed by atoms with Gasteiger partial charge in [-0.3, -0.25) is 0 Å². The van der Waals surface area contributed by atoms with Crippen LogP contribution in [0.1, 0.15) is 24.8 Å². The zero-order valence-corrected chi connectivity index (χ0v) is 16.0. The molecule has 0 spiro atoms. The number of piperidine rings is 1. The van der Waals surface area contributed by atoms with Gasteiger partial charge in [-0.05, 0) is 31.2 Å². The summed E-state index contributed by atoms with van der Waals surface area (Å²) in [7, 11) is 0. The van der Waals surface area contributed by atoms with E-state index in [1.54, 1.807) is 0 Å². The smallest absolute Gasteiger partial charge is 0.227 e. The summed E-state index contributed by atoms with van der Waals surface area (Å²) in [5.41, 5.74) is 0.362. The summed E-state index contributed by atoms with van der Waals surface area (Å²) in [6.45, 7) is 2.47. The summed E-state index contributed by atoms with van der Waals surface area (Å²) in [5, 5.41) is 20.9. The van der Waals surface area contributed by atoms with Crippen molar-refractivity contribution in [1.82, 2.24) is 9.97 Å². The highest BCUT2D eigenvalue weighted by Gasteiger charge is 2.43. The van der Waals surface area contributed by atoms with Crippen molar-refractivity contribution in [2.24, 2.45) is 5.41 Å². The van der Waals surface area contributed by atoms with Crippen LogP contribution in [-0.2, 0) is 6.42 Å². The quantitative estimate of drug-likeness (QED) is 0.819. The van der Waals surface area contributed by atoms with E-state index >= 15 is 0 Å². The highest BCUT2D eigenvalue weighted by molar-refractivity contribution is 5.46. The zero-order chi connectivity index (χ0) is 19.6. The highest BCUT2D eigenvalue weighted by Crippen LogP contribution is 2.35. The van der Waals surface area contributed by atoms with Gasteiger partial charge < -0.3 is 20.0 Å². The molecule has 2 aromatic rings. The van der Waals surface area contributed by atoms with Gasteiger partial charge in [-0.25, -0.2) is 9.37 Å². The van der Waals surface area contributed by atoms with E-state index < -0.39 is 17.3 Å². The second-order valence-corrected chi connectivity index (χ2v) is 7.94. The summed E-state index contributed by atoms with van der Waals surface area (Å²) >= 11 is 0. The minimum atomic E-state index is -0.703. The minimum absolute atomic E-state index is 0.139. The lowest BCUT2D eigenvalue weighted by molar-refractivity contribution is -0.0294. The van der Waals surface area contributed by atoms with Gasteiger partial charge in [-0.1, -0.05) is 30.3 Å². The predicted octanol–water partition coefficient (Wildman–Crippen LogP) is 2.01. The Morgan fingerprint density at radius 2 is 1.86 bits per heavy atom. The monoisotopic (exact) mass is 386 g/mol. The van der Waals surface area contributed by atoms with Gasteiger partial charge in [-0.15, -0.1) is 0 Å². The summed E-state index contributed by atoms with van der Waals surface area (Å²) in [6, 6.07) is 9.87. The SMILES string of the molecule is OC[C@@]1(Cc2ccccc2)CN(c2ncc(F)c(N3CCCC3)n2)CC[C@@H]1O. The molecule has 150 valence electrons. The van der Waals surface area contributed by atoms with Crippen LogP contribution in [0.2, 0.25) is 0 Å². The van der Waals surface area contributed by atoms with Gasteiger partial charge in [0.25, 0.3) is 0 Å². The van der Waals surface area contributed by atoms with Crippen LogP contribution in [-0.4, -0.2) is 59.1 Å². The summed E-state index contributed by atoms with van der Waals surface area (Å²) < 4.78 is 14.3. The lowest BCUT2D eigenvalue weighted by atomic mass is 9.73. The molecule has 7 heteroatoms. The Bertz CT molecular complexity index is 800. The van der Waals surface area contributed by atoms with Gasteiger partial charge in [0, 0.05) is 31.6 Å². The van der Waals surface area contributed by atoms with E-state index in [1.165, 1.54) is 6.20 Å². The standard InChI is InChI=1S/C21H27FN4O2/c22-17-13-23-20(24-19(17)25-9-4-5-10-25)26-11-8-18(28)21(14-26,15-27)12-16-6-2-1-3-7-16/h1-3,6-7,13,18,27-28H,4-5,8-12,14-15H2/t18-,21+/m0/s1. The normalized spacial score (nSPS) is 25.3. The number of nitrogens with zero attached hydrogens (tertiary/aromatic N) is 4. The van der Waals surface area contributed by atoms with Crippen LogP contribution in [0, 0.1) is 11.2 Å². The van der Waals surface area contributed by atoms with Crippen molar-refractivity contribution >= 4 is 11.8 Å². The third kappa shape index (κ3) is 3.69. The van der Waals surface area contributed by atoms with Crippen molar-refractivity contribution in [2.75, 3.05) is 42.6 Å². The van der Waals surface area contributed by atoms with Crippen molar-refractivity contribution in [3.05, 3.63) is 47.9 Å². The molecule has 6 nitrogen and oxygen atoms in total. The lowest BCUT2D eigenvalue weighted by Crippen LogP contribution is -2.55. The molecule has 2 saturated heterocycles. The van der Waals surface area contributed by atoms with E-state index in [1.807, 2.05) is 40.1 Å². The fourth-order valence-electron chi connectivity index (χ4n) is 4.36. The third-order valence-corrected chi connectivity index (χ3v) is 6.00. The van der Waals surface area contributed by atoms with Gasteiger partial charge in [-0.2, -0.15) is 4.98 Å². The van der Waals surface area contributed by atoms with Crippen LogP contribution in [0.4, 0.5) is 16.2 Å². The maximum Gasteiger partial charge on any atom is 0.227 e. The average Bonchev–Trinajstić information content (AvgIpc) is 3.25. The van der Waals surface area contributed by atoms with Crippen LogP contribution in [0.15, 0.2) is 36.5 Å². The third-order valence-electron chi connectivity index (χ3n) is 6.00. The molecule has 0 aliphatic carbocycles. The van der Waals surface area contributed by atoms with E-state index in [0.717, 1.165) is 31.5 Å². The topological polar surface area (TPSA) is 72.7 Å². The first-order valence-corrected chi connectivity index (χ1v) is 9.97. The summed E-state index contributed by atoms with van der Waals surface area (Å²) in [5.74, 6) is 0.410. The van der Waals surface area contributed by atoms with E-state index in [4.69, 9.17) is 0 Å². The predicted molar refractivity (Wildman–Crippen MR) is 106 cm³/mol. The number of rotatable bonds is 5. The first-order chi connectivity index (χ1) is 13.6. The van der Waals surface area contributed by atoms with Gasteiger partial charge in [0.2, 0.25) is 5.95 Å². The summed E-state index contributed by atoms with van der Waals surface area (Å²) in [4.78, 5) is 12.7. The number of aliphatic hydroxyl groups excluding tert-OH is 2. The van der Waals surface area contributed by atoms with Crippen LogP contribution in [0.3, 0.4) is 0 Å². The van der Waals surface area contributed by atoms with E-state index in [-0.39, 0.29) is 6.61 Å². The maximum absolute atomic E-state index is 14.3. The fraction of sp³-hybridized carbons (Fsp3) is 0.524. The van der Waals surface area contributed by atoms with Crippen molar-refractivity contribution < 1.29 is 14.6 Å². The molecule has 2 fully saturated rings. The molecule has 0 unspecified atom stereocenters. The highest BCUT2D eigenvalue weighted by atomic mass is 19.1. The maximum atomic E-state index is 14.3. The average molecular weight is 386 g/mol. The van der Waals surface area contributed by atoms with Crippen molar-refractivity contribution in [1.29, 1.82) is 0 Å². The van der Waals surface area contributed by atoms with Gasteiger partial charge in [0.15, 0.2) is 11.6 Å². The number of aromatic nitrogens is 2. The minimum Gasteiger partial charge on any atom is -0.396 e. The molecule has 0 radical (unpaired) electrons. The first-order valence-electron chi connectivity index (χ1n) is 9.97. The molecule has 0 amide bonds. The van der Waals surface area contributed by atoms with E-state index in [0.29, 0.717) is 37.7 Å². The largest absolute Gasteiger partial charge is 0.396 e. The molecular weight excluding hydrogens is 359 g/mol. The molecule has 0 saturated carbocycles. The number of hydrogen-bond donors (Lipinski definition) is 2. The van der Waals surface area contributed by atoms with Crippen molar-refractivity contribution in [3.63, 3.8) is 0 Å². The van der Waals surface area contributed by atoms with Crippen LogP contribution < -0.4 is 9.80 Å². The Morgan fingerprint density at radius 1 is 1.11 bits per heavy atom. The number of halogens is 1. The van der Waals surface area contributed by atoms with Gasteiger partial charge in [0.1, 0.15) is 0 Å². The van der Waals surface area contributed by atoms with E-state index in [2.05, 4.69) is 9.97 Å². The van der Waals surface area contributed by atoms with Crippen LogP contribution in [0.25, 0.3) is 0 Å². The second kappa shape index (κ2) is 8.01. The Labute approximate surface area is 164 Å². The molecule has 28 heavy (non-hydrogen) atoms. The van der Waals surface area contributed by atoms with Gasteiger partial charge >= 0.3 is 0 Å². The number of aliphatic hydroxyl groups is 2. The van der Waals surface area contributed by atoms with Crippen molar-refractivity contribution in [3.8, 4) is 0 Å². The van der Waals surface area contributed by atoms with Crippen LogP contribution >= 0.6 is 0 Å². The van der Waals surface area contributed by atoms with Crippen LogP contribution in [0.5, 0.6) is 0 Å². The Kier molecular flexibility index (Phi) is 5.46. The Balaban J connectivity index is 1.59. The molecule has 2 N–H and O–H groups in total. The summed E-state index contributed by atoms with van der Waals surface area (Å²) in [6.07, 6.45) is 3.76. The zero-order valence-electron chi connectivity index (χ0n) is 16.0. The molecule has 1 aromatic heterocycles. The number of benzene rings is 1. The molecule has 2 aliphatic heterocycles. The van der Waals surface area contributed by atoms with E-state index in [9.17, 15) is 14.6 Å². The molecular formula is C21H27FN4O2. The first kappa shape index (κ1) is 19.1. The van der Waals surface area contributed by atoms with Gasteiger partial charge in [0.05, 0.1) is 18.9 Å². The Morgan fingerprint density at radius 3 is 2.57 bits per heavy atom. The van der Waals surface area contributed by atoms with Crippen molar-refractivity contribution in [2.45, 2.75) is 31.8 Å².